The van der Waals surface area contributed by atoms with E-state index in [1.165, 1.54) is 4.31 Å². The van der Waals surface area contributed by atoms with E-state index >= 15 is 0 Å². The number of rotatable bonds is 6. The Morgan fingerprint density at radius 2 is 1.70 bits per heavy atom. The van der Waals surface area contributed by atoms with Crippen molar-refractivity contribution in [3.05, 3.63) is 63.6 Å². The highest BCUT2D eigenvalue weighted by Crippen LogP contribution is 2.29. The molecule has 0 radical (unpaired) electrons. The van der Waals surface area contributed by atoms with E-state index in [0.717, 1.165) is 5.56 Å². The number of nitrogens with zero attached hydrogens (tertiary/aromatic N) is 2. The van der Waals surface area contributed by atoms with Gasteiger partial charge in [0, 0.05) is 40.3 Å². The number of carbonyl (C=O) groups excluding carboxylic acids is 1. The highest BCUT2D eigenvalue weighted by molar-refractivity contribution is 7.88. The van der Waals surface area contributed by atoms with Crippen LogP contribution in [0, 0.1) is 17.2 Å². The van der Waals surface area contributed by atoms with Crippen LogP contribution in [0.1, 0.15) is 24.0 Å². The minimum Gasteiger partial charge on any atom is -0.326 e. The number of hydrogen-bond acceptors (Lipinski definition) is 4. The zero-order chi connectivity index (χ0) is 21.7. The maximum absolute atomic E-state index is 12.8. The summed E-state index contributed by atoms with van der Waals surface area (Å²) in [6, 6.07) is 14.1. The average Bonchev–Trinajstić information content (AvgIpc) is 2.72. The first-order valence-corrected chi connectivity index (χ1v) is 11.8. The van der Waals surface area contributed by atoms with Crippen molar-refractivity contribution in [2.45, 2.75) is 25.0 Å². The van der Waals surface area contributed by atoms with Crippen molar-refractivity contribution in [2.75, 3.05) is 18.4 Å². The average molecular weight is 466 g/mol. The lowest BCUT2D eigenvalue weighted by molar-refractivity contribution is -0.120. The first-order valence-electron chi connectivity index (χ1n) is 9.47. The maximum atomic E-state index is 12.8. The van der Waals surface area contributed by atoms with Gasteiger partial charge in [-0.2, -0.15) is 5.26 Å². The van der Waals surface area contributed by atoms with E-state index < -0.39 is 10.0 Å². The Kier molecular flexibility index (Phi) is 7.37. The van der Waals surface area contributed by atoms with Crippen LogP contribution in [0.15, 0.2) is 42.5 Å². The van der Waals surface area contributed by atoms with Gasteiger partial charge in [0.05, 0.1) is 18.2 Å². The van der Waals surface area contributed by atoms with Gasteiger partial charge >= 0.3 is 0 Å². The Hall–Kier alpha value is -2.11. The molecule has 158 valence electrons. The Balaban J connectivity index is 1.57. The molecule has 1 saturated heterocycles. The number of hydrogen-bond donors (Lipinski definition) is 1. The molecule has 1 aliphatic rings. The molecule has 1 aliphatic heterocycles. The van der Waals surface area contributed by atoms with Crippen LogP contribution >= 0.6 is 23.2 Å². The molecule has 0 saturated carbocycles. The molecule has 1 N–H and O–H groups in total. The Bertz CT molecular complexity index is 1040. The van der Waals surface area contributed by atoms with Crippen LogP contribution in [-0.2, 0) is 27.0 Å². The molecule has 2 aromatic carbocycles. The molecule has 30 heavy (non-hydrogen) atoms. The third kappa shape index (κ3) is 5.52. The van der Waals surface area contributed by atoms with Crippen molar-refractivity contribution in [1.82, 2.24) is 4.31 Å². The molecule has 0 spiro atoms. The van der Waals surface area contributed by atoms with E-state index in [1.807, 2.05) is 0 Å². The third-order valence-corrected chi connectivity index (χ3v) is 7.62. The summed E-state index contributed by atoms with van der Waals surface area (Å²) in [6.45, 7) is 0.535. The summed E-state index contributed by atoms with van der Waals surface area (Å²) in [5.41, 5.74) is 1.93. The van der Waals surface area contributed by atoms with Crippen molar-refractivity contribution in [3.63, 3.8) is 0 Å². The smallest absolute Gasteiger partial charge is 0.227 e. The molecule has 0 aliphatic carbocycles. The molecule has 9 heteroatoms. The summed E-state index contributed by atoms with van der Waals surface area (Å²) in [5, 5.41) is 12.2. The van der Waals surface area contributed by atoms with Gasteiger partial charge < -0.3 is 5.32 Å². The molecule has 1 heterocycles. The van der Waals surface area contributed by atoms with Crippen LogP contribution in [0.25, 0.3) is 0 Å². The molecule has 0 unspecified atom stereocenters. The second-order valence-electron chi connectivity index (χ2n) is 7.15. The standard InChI is InChI=1S/C21H21Cl2N3O3S/c22-19-2-1-3-20(23)18(19)14-30(28,29)26-12-9-16(10-13-26)21(27)25-17-6-4-15(5-7-17)8-11-24/h1-7,16H,8-10,12-14H2,(H,25,27). The monoisotopic (exact) mass is 465 g/mol. The van der Waals surface area contributed by atoms with Crippen molar-refractivity contribution < 1.29 is 13.2 Å². The fraction of sp³-hybridized carbons (Fsp3) is 0.333. The molecule has 0 aromatic heterocycles. The SMILES string of the molecule is N#CCc1ccc(NC(=O)C2CCN(S(=O)(=O)Cc3c(Cl)cccc3Cl)CC2)cc1. The number of nitrogens with one attached hydrogen (secondary N) is 1. The van der Waals surface area contributed by atoms with E-state index in [0.29, 0.717) is 40.6 Å². The van der Waals surface area contributed by atoms with E-state index in [2.05, 4.69) is 11.4 Å². The normalized spacial score (nSPS) is 15.5. The van der Waals surface area contributed by atoms with Gasteiger partial charge in [-0.05, 0) is 42.7 Å². The topological polar surface area (TPSA) is 90.3 Å². The number of piperidine rings is 1. The number of benzene rings is 2. The Morgan fingerprint density at radius 3 is 2.27 bits per heavy atom. The summed E-state index contributed by atoms with van der Waals surface area (Å²) in [7, 11) is -3.59. The van der Waals surface area contributed by atoms with Crippen LogP contribution < -0.4 is 5.32 Å². The summed E-state index contributed by atoms with van der Waals surface area (Å²) in [5.74, 6) is -0.661. The Morgan fingerprint density at radius 1 is 1.10 bits per heavy atom. The molecule has 0 bridgehead atoms. The second kappa shape index (κ2) is 9.80. The first-order chi connectivity index (χ1) is 14.3. The lowest BCUT2D eigenvalue weighted by Crippen LogP contribution is -2.41. The van der Waals surface area contributed by atoms with Gasteiger partial charge in [0.25, 0.3) is 0 Å². The molecule has 6 nitrogen and oxygen atoms in total. The van der Waals surface area contributed by atoms with Crippen LogP contribution in [-0.4, -0.2) is 31.7 Å². The summed E-state index contributed by atoms with van der Waals surface area (Å²) < 4.78 is 27.0. The fourth-order valence-electron chi connectivity index (χ4n) is 3.38. The van der Waals surface area contributed by atoms with Crippen molar-refractivity contribution in [3.8, 4) is 6.07 Å². The molecular weight excluding hydrogens is 445 g/mol. The summed E-state index contributed by atoms with van der Waals surface area (Å²) >= 11 is 12.2. The van der Waals surface area contributed by atoms with Crippen LogP contribution in [0.5, 0.6) is 0 Å². The lowest BCUT2D eigenvalue weighted by Gasteiger charge is -2.30. The molecule has 0 atom stereocenters. The number of halogens is 2. The maximum Gasteiger partial charge on any atom is 0.227 e. The largest absolute Gasteiger partial charge is 0.326 e. The highest BCUT2D eigenvalue weighted by atomic mass is 35.5. The second-order valence-corrected chi connectivity index (χ2v) is 9.93. The predicted octanol–water partition coefficient (Wildman–Crippen LogP) is 4.24. The van der Waals surface area contributed by atoms with Crippen LogP contribution in [0.3, 0.4) is 0 Å². The minimum atomic E-state index is -3.59. The zero-order valence-corrected chi connectivity index (χ0v) is 18.5. The van der Waals surface area contributed by atoms with Crippen molar-refractivity contribution in [1.29, 1.82) is 5.26 Å². The Labute approximate surface area is 186 Å². The molecule has 1 amide bonds. The van der Waals surface area contributed by atoms with Crippen LogP contribution in [0.2, 0.25) is 10.0 Å². The third-order valence-electron chi connectivity index (χ3n) is 5.11. The van der Waals surface area contributed by atoms with Gasteiger partial charge in [0.15, 0.2) is 0 Å². The van der Waals surface area contributed by atoms with Gasteiger partial charge in [-0.1, -0.05) is 41.4 Å². The van der Waals surface area contributed by atoms with Gasteiger partial charge in [-0.3, -0.25) is 4.79 Å². The zero-order valence-electron chi connectivity index (χ0n) is 16.1. The van der Waals surface area contributed by atoms with E-state index in [9.17, 15) is 13.2 Å². The number of carbonyl (C=O) groups is 1. The summed E-state index contributed by atoms with van der Waals surface area (Å²) in [4.78, 5) is 12.5. The lowest BCUT2D eigenvalue weighted by atomic mass is 9.97. The van der Waals surface area contributed by atoms with Crippen molar-refractivity contribution in [2.24, 2.45) is 5.92 Å². The van der Waals surface area contributed by atoms with Gasteiger partial charge in [0.1, 0.15) is 0 Å². The van der Waals surface area contributed by atoms with Gasteiger partial charge in [0.2, 0.25) is 15.9 Å². The van der Waals surface area contributed by atoms with Crippen molar-refractivity contribution >= 4 is 44.8 Å². The van der Waals surface area contributed by atoms with Gasteiger partial charge in [-0.15, -0.1) is 0 Å². The number of amides is 1. The predicted molar refractivity (Wildman–Crippen MR) is 118 cm³/mol. The summed E-state index contributed by atoms with van der Waals surface area (Å²) in [6.07, 6.45) is 1.20. The minimum absolute atomic E-state index is 0.130. The quantitative estimate of drug-likeness (QED) is 0.690. The highest BCUT2D eigenvalue weighted by Gasteiger charge is 2.32. The molecule has 3 rings (SSSR count). The first kappa shape index (κ1) is 22.6. The van der Waals surface area contributed by atoms with Crippen LogP contribution in [0.4, 0.5) is 5.69 Å². The molecule has 2 aromatic rings. The number of anilines is 1. The van der Waals surface area contributed by atoms with Gasteiger partial charge in [-0.25, -0.2) is 12.7 Å². The molecule has 1 fully saturated rings. The van der Waals surface area contributed by atoms with E-state index in [-0.39, 0.29) is 30.7 Å². The number of nitriles is 1. The van der Waals surface area contributed by atoms with E-state index in [1.54, 1.807) is 42.5 Å². The fourth-order valence-corrected chi connectivity index (χ4v) is 5.70. The molecular formula is C21H21Cl2N3O3S. The number of sulfonamides is 1. The van der Waals surface area contributed by atoms with E-state index in [4.69, 9.17) is 28.5 Å².